The van der Waals surface area contributed by atoms with E-state index in [1.807, 2.05) is 6.92 Å². The van der Waals surface area contributed by atoms with E-state index in [1.54, 1.807) is 6.07 Å². The predicted octanol–water partition coefficient (Wildman–Crippen LogP) is 1.91. The summed E-state index contributed by atoms with van der Waals surface area (Å²) in [5.41, 5.74) is 6.29. The summed E-state index contributed by atoms with van der Waals surface area (Å²) in [7, 11) is 0. The third kappa shape index (κ3) is 3.92. The van der Waals surface area contributed by atoms with Gasteiger partial charge in [0.15, 0.2) is 0 Å². The fourth-order valence-electron chi connectivity index (χ4n) is 1.45. The second-order valence-electron chi connectivity index (χ2n) is 3.91. The summed E-state index contributed by atoms with van der Waals surface area (Å²) in [6, 6.07) is 4.14. The van der Waals surface area contributed by atoms with E-state index in [2.05, 4.69) is 5.32 Å². The van der Waals surface area contributed by atoms with Crippen molar-refractivity contribution >= 4 is 29.2 Å². The molecule has 5 nitrogen and oxygen atoms in total. The van der Waals surface area contributed by atoms with Crippen LogP contribution in [0.4, 0.5) is 5.69 Å². The van der Waals surface area contributed by atoms with Gasteiger partial charge in [-0.2, -0.15) is 0 Å². The minimum atomic E-state index is -0.947. The van der Waals surface area contributed by atoms with Gasteiger partial charge in [0, 0.05) is 11.6 Å². The summed E-state index contributed by atoms with van der Waals surface area (Å²) in [5.74, 6) is -1.30. The van der Waals surface area contributed by atoms with Gasteiger partial charge >= 0.3 is 5.97 Å². The number of nitrogen functional groups attached to an aromatic ring is 1. The molecule has 1 aromatic rings. The lowest BCUT2D eigenvalue weighted by Gasteiger charge is -2.15. The molecule has 0 fully saturated rings. The zero-order chi connectivity index (χ0) is 13.7. The van der Waals surface area contributed by atoms with Crippen LogP contribution in [0.2, 0.25) is 5.02 Å². The molecule has 4 N–H and O–H groups in total. The number of benzene rings is 1. The van der Waals surface area contributed by atoms with Crippen LogP contribution in [0.25, 0.3) is 0 Å². The minimum Gasteiger partial charge on any atom is -0.481 e. The number of amides is 1. The molecule has 6 heteroatoms. The number of carboxylic acid groups (broad SMARTS) is 1. The van der Waals surface area contributed by atoms with Crippen LogP contribution in [0.15, 0.2) is 18.2 Å². The molecule has 0 radical (unpaired) electrons. The second-order valence-corrected chi connectivity index (χ2v) is 4.32. The lowest BCUT2D eigenvalue weighted by atomic mass is 10.1. The number of nitrogens with two attached hydrogens (primary N) is 1. The minimum absolute atomic E-state index is 0.106. The van der Waals surface area contributed by atoms with Crippen molar-refractivity contribution in [3.8, 4) is 0 Å². The van der Waals surface area contributed by atoms with Gasteiger partial charge in [-0.3, -0.25) is 9.59 Å². The van der Waals surface area contributed by atoms with Gasteiger partial charge in [-0.15, -0.1) is 0 Å². The highest BCUT2D eigenvalue weighted by molar-refractivity contribution is 6.33. The van der Waals surface area contributed by atoms with Gasteiger partial charge in [-0.05, 0) is 24.6 Å². The quantitative estimate of drug-likeness (QED) is 0.713. The Morgan fingerprint density at radius 1 is 1.50 bits per heavy atom. The van der Waals surface area contributed by atoms with E-state index in [1.165, 1.54) is 12.1 Å². The van der Waals surface area contributed by atoms with Crippen molar-refractivity contribution in [1.82, 2.24) is 5.32 Å². The molecule has 0 saturated heterocycles. The molecule has 1 amide bonds. The number of carbonyl (C=O) groups is 2. The highest BCUT2D eigenvalue weighted by Gasteiger charge is 2.15. The van der Waals surface area contributed by atoms with E-state index in [0.717, 1.165) is 0 Å². The second kappa shape index (κ2) is 6.26. The Hall–Kier alpha value is -1.75. The van der Waals surface area contributed by atoms with Crippen LogP contribution in [-0.2, 0) is 4.79 Å². The van der Waals surface area contributed by atoms with Crippen LogP contribution in [0, 0.1) is 0 Å². The van der Waals surface area contributed by atoms with Crippen LogP contribution in [0.3, 0.4) is 0 Å². The SMILES string of the molecule is CCC(CC(=O)O)NC(=O)c1ccc(N)c(Cl)c1. The summed E-state index contributed by atoms with van der Waals surface area (Å²) in [6.45, 7) is 1.81. The van der Waals surface area contributed by atoms with Gasteiger partial charge in [0.05, 0.1) is 17.1 Å². The summed E-state index contributed by atoms with van der Waals surface area (Å²) < 4.78 is 0. The van der Waals surface area contributed by atoms with E-state index < -0.39 is 12.0 Å². The van der Waals surface area contributed by atoms with Crippen molar-refractivity contribution in [2.45, 2.75) is 25.8 Å². The van der Waals surface area contributed by atoms with E-state index in [4.69, 9.17) is 22.4 Å². The van der Waals surface area contributed by atoms with Crippen molar-refractivity contribution in [2.24, 2.45) is 0 Å². The van der Waals surface area contributed by atoms with Crippen molar-refractivity contribution < 1.29 is 14.7 Å². The topological polar surface area (TPSA) is 92.4 Å². The molecule has 0 aliphatic rings. The molecule has 0 bridgehead atoms. The van der Waals surface area contributed by atoms with Crippen molar-refractivity contribution in [3.05, 3.63) is 28.8 Å². The Morgan fingerprint density at radius 3 is 2.67 bits per heavy atom. The molecular weight excluding hydrogens is 256 g/mol. The van der Waals surface area contributed by atoms with Gasteiger partial charge in [-0.25, -0.2) is 0 Å². The molecule has 0 aromatic heterocycles. The monoisotopic (exact) mass is 270 g/mol. The summed E-state index contributed by atoms with van der Waals surface area (Å²) in [6.07, 6.45) is 0.436. The molecule has 0 aliphatic heterocycles. The van der Waals surface area contributed by atoms with Crippen molar-refractivity contribution in [3.63, 3.8) is 0 Å². The summed E-state index contributed by atoms with van der Waals surface area (Å²) >= 11 is 5.81. The molecule has 98 valence electrons. The highest BCUT2D eigenvalue weighted by atomic mass is 35.5. The van der Waals surface area contributed by atoms with Crippen LogP contribution >= 0.6 is 11.6 Å². The number of hydrogen-bond acceptors (Lipinski definition) is 3. The fraction of sp³-hybridized carbons (Fsp3) is 0.333. The zero-order valence-corrected chi connectivity index (χ0v) is 10.7. The average molecular weight is 271 g/mol. The third-order valence-electron chi connectivity index (χ3n) is 2.51. The van der Waals surface area contributed by atoms with E-state index in [9.17, 15) is 9.59 Å². The summed E-state index contributed by atoms with van der Waals surface area (Å²) in [5, 5.41) is 11.6. The molecule has 0 saturated carbocycles. The van der Waals surface area contributed by atoms with Crippen molar-refractivity contribution in [2.75, 3.05) is 5.73 Å². The van der Waals surface area contributed by atoms with E-state index in [0.29, 0.717) is 22.7 Å². The predicted molar refractivity (Wildman–Crippen MR) is 69.7 cm³/mol. The zero-order valence-electron chi connectivity index (χ0n) is 9.94. The van der Waals surface area contributed by atoms with Crippen LogP contribution in [0.1, 0.15) is 30.1 Å². The Balaban J connectivity index is 2.74. The van der Waals surface area contributed by atoms with Crippen LogP contribution in [0.5, 0.6) is 0 Å². The smallest absolute Gasteiger partial charge is 0.305 e. The molecule has 0 spiro atoms. The van der Waals surface area contributed by atoms with Gasteiger partial charge in [-0.1, -0.05) is 18.5 Å². The number of anilines is 1. The number of halogens is 1. The third-order valence-corrected chi connectivity index (χ3v) is 2.84. The molecular formula is C12H15ClN2O3. The molecule has 0 heterocycles. The largest absolute Gasteiger partial charge is 0.481 e. The Bertz CT molecular complexity index is 463. The number of rotatable bonds is 5. The molecule has 1 unspecified atom stereocenters. The summed E-state index contributed by atoms with van der Waals surface area (Å²) in [4.78, 5) is 22.5. The van der Waals surface area contributed by atoms with Crippen molar-refractivity contribution in [1.29, 1.82) is 0 Å². The molecule has 1 atom stereocenters. The number of nitrogens with one attached hydrogen (secondary N) is 1. The standard InChI is InChI=1S/C12H15ClN2O3/c1-2-8(6-11(16)17)15-12(18)7-3-4-10(14)9(13)5-7/h3-5,8H,2,6,14H2,1H3,(H,15,18)(H,16,17). The Morgan fingerprint density at radius 2 is 2.17 bits per heavy atom. The fourth-order valence-corrected chi connectivity index (χ4v) is 1.63. The lowest BCUT2D eigenvalue weighted by molar-refractivity contribution is -0.137. The highest BCUT2D eigenvalue weighted by Crippen LogP contribution is 2.19. The molecule has 0 aliphatic carbocycles. The average Bonchev–Trinajstić information content (AvgIpc) is 2.31. The van der Waals surface area contributed by atoms with Gasteiger partial charge in [0.1, 0.15) is 0 Å². The Labute approximate surface area is 110 Å². The number of hydrogen-bond donors (Lipinski definition) is 3. The van der Waals surface area contributed by atoms with Crippen LogP contribution in [-0.4, -0.2) is 23.0 Å². The van der Waals surface area contributed by atoms with Gasteiger partial charge in [0.25, 0.3) is 5.91 Å². The number of carboxylic acids is 1. The van der Waals surface area contributed by atoms with Crippen LogP contribution < -0.4 is 11.1 Å². The maximum absolute atomic E-state index is 11.9. The first-order valence-electron chi connectivity index (χ1n) is 5.51. The molecule has 18 heavy (non-hydrogen) atoms. The first-order valence-corrected chi connectivity index (χ1v) is 5.89. The first kappa shape index (κ1) is 14.3. The molecule has 1 aromatic carbocycles. The van der Waals surface area contributed by atoms with E-state index in [-0.39, 0.29) is 12.3 Å². The number of carbonyl (C=O) groups excluding carboxylic acids is 1. The molecule has 1 rings (SSSR count). The Kier molecular flexibility index (Phi) is 4.97. The van der Waals surface area contributed by atoms with Gasteiger partial charge < -0.3 is 16.2 Å². The normalized spacial score (nSPS) is 11.9. The maximum atomic E-state index is 11.9. The lowest BCUT2D eigenvalue weighted by Crippen LogP contribution is -2.36. The maximum Gasteiger partial charge on any atom is 0.305 e. The van der Waals surface area contributed by atoms with E-state index >= 15 is 0 Å². The first-order chi connectivity index (χ1) is 8.43. The van der Waals surface area contributed by atoms with Gasteiger partial charge in [0.2, 0.25) is 0 Å². The number of aliphatic carboxylic acids is 1.